The Hall–Kier alpha value is -1.65. The van der Waals surface area contributed by atoms with Gasteiger partial charge in [-0.15, -0.1) is 0 Å². The summed E-state index contributed by atoms with van der Waals surface area (Å²) in [6.07, 6.45) is 0. The minimum Gasteiger partial charge on any atom is -0.592 e. The fourth-order valence-corrected chi connectivity index (χ4v) is 0.620. The zero-order valence-electron chi connectivity index (χ0n) is 5.44. The quantitative estimate of drug-likeness (QED) is 0.383. The molecule has 0 amide bonds. The number of halogens is 1. The van der Waals surface area contributed by atoms with Crippen LogP contribution in [0.5, 0.6) is 0 Å². The van der Waals surface area contributed by atoms with E-state index in [4.69, 9.17) is 5.21 Å². The summed E-state index contributed by atoms with van der Waals surface area (Å²) in [6.45, 7) is 0. The van der Waals surface area contributed by atoms with Gasteiger partial charge < -0.3 is 10.4 Å². The van der Waals surface area contributed by atoms with Crippen LogP contribution in [0.2, 0.25) is 0 Å². The molecule has 0 spiro atoms. The lowest BCUT2D eigenvalue weighted by atomic mass is 10.3. The van der Waals surface area contributed by atoms with Gasteiger partial charge in [-0.1, -0.05) is 0 Å². The molecule has 0 saturated heterocycles. The molecule has 0 saturated carbocycles. The summed E-state index contributed by atoms with van der Waals surface area (Å²) >= 11 is 0. The topological polar surface area (TPSA) is 58.7 Å². The summed E-state index contributed by atoms with van der Waals surface area (Å²) in [7, 11) is 0. The average Bonchev–Trinajstić information content (AvgIpc) is 2.05. The van der Waals surface area contributed by atoms with E-state index in [0.717, 1.165) is 12.1 Å². The highest BCUT2D eigenvalue weighted by Gasteiger charge is 2.01. The summed E-state index contributed by atoms with van der Waals surface area (Å²) in [4.78, 5) is -0.0144. The molecule has 0 aliphatic heterocycles. The Balaban J connectivity index is 2.99. The van der Waals surface area contributed by atoms with Gasteiger partial charge in [-0.3, -0.25) is 0 Å². The number of hydrogen-bond donors (Lipinski definition) is 1. The zero-order chi connectivity index (χ0) is 8.27. The minimum atomic E-state index is -0.444. The van der Waals surface area contributed by atoms with Crippen molar-refractivity contribution in [2.24, 2.45) is 5.28 Å². The van der Waals surface area contributed by atoms with Crippen LogP contribution in [0.3, 0.4) is 0 Å². The maximum absolute atomic E-state index is 12.2. The first-order valence-corrected chi connectivity index (χ1v) is 2.82. The van der Waals surface area contributed by atoms with E-state index in [1.54, 1.807) is 0 Å². The molecule has 1 N–H and O–H groups in total. The van der Waals surface area contributed by atoms with E-state index in [2.05, 4.69) is 5.28 Å². The van der Waals surface area contributed by atoms with Crippen molar-refractivity contribution in [3.63, 3.8) is 0 Å². The molecular weight excluding hydrogens is 151 g/mol. The van der Waals surface area contributed by atoms with E-state index >= 15 is 0 Å². The molecule has 0 heterocycles. The van der Waals surface area contributed by atoms with Crippen LogP contribution >= 0.6 is 0 Å². The fourth-order valence-electron chi connectivity index (χ4n) is 0.620. The fraction of sp³-hybridized carbons (Fsp3) is 0. The van der Waals surface area contributed by atoms with Gasteiger partial charge in [-0.05, 0) is 17.0 Å². The van der Waals surface area contributed by atoms with Crippen LogP contribution in [-0.4, -0.2) is 10.1 Å². The lowest BCUT2D eigenvalue weighted by Gasteiger charge is -1.94. The molecule has 0 fully saturated rings. The molecule has 0 bridgehead atoms. The molecule has 0 atom stereocenters. The molecule has 0 unspecified atom stereocenters. The molecule has 4 nitrogen and oxygen atoms in total. The third-order valence-corrected chi connectivity index (χ3v) is 1.13. The number of benzene rings is 1. The molecular formula is C6H5FN2O2. The Kier molecular flexibility index (Phi) is 2.00. The van der Waals surface area contributed by atoms with Gasteiger partial charge in [0.15, 0.2) is 0 Å². The van der Waals surface area contributed by atoms with Crippen molar-refractivity contribution in [1.29, 1.82) is 0 Å². The van der Waals surface area contributed by atoms with Gasteiger partial charge in [0, 0.05) is 12.1 Å². The molecule has 0 aliphatic rings. The second-order valence-corrected chi connectivity index (χ2v) is 1.84. The van der Waals surface area contributed by atoms with Gasteiger partial charge >= 0.3 is 0 Å². The Morgan fingerprint density at radius 3 is 2.36 bits per heavy atom. The highest BCUT2D eigenvalue weighted by atomic mass is 19.1. The van der Waals surface area contributed by atoms with Crippen LogP contribution in [0.1, 0.15) is 0 Å². The number of nitrogens with zero attached hydrogens (tertiary/aromatic N) is 2. The van der Waals surface area contributed by atoms with E-state index in [-0.39, 0.29) is 10.5 Å². The van der Waals surface area contributed by atoms with Crippen molar-refractivity contribution in [1.82, 2.24) is 0 Å². The molecule has 1 aromatic rings. The van der Waals surface area contributed by atoms with Crippen LogP contribution < -0.4 is 0 Å². The van der Waals surface area contributed by atoms with Crippen molar-refractivity contribution in [3.05, 3.63) is 35.3 Å². The highest BCUT2D eigenvalue weighted by molar-refractivity contribution is 5.28. The van der Waals surface area contributed by atoms with E-state index in [0.29, 0.717) is 0 Å². The molecule has 58 valence electrons. The summed E-state index contributed by atoms with van der Waals surface area (Å²) in [5, 5.41) is 20.8. The van der Waals surface area contributed by atoms with Crippen LogP contribution in [-0.2, 0) is 0 Å². The second kappa shape index (κ2) is 2.96. The van der Waals surface area contributed by atoms with Crippen molar-refractivity contribution in [2.75, 3.05) is 0 Å². The minimum absolute atomic E-state index is 0.0144. The first-order valence-electron chi connectivity index (χ1n) is 2.82. The van der Waals surface area contributed by atoms with Crippen LogP contribution in [0.4, 0.5) is 10.1 Å². The predicted octanol–water partition coefficient (Wildman–Crippen LogP) is 1.81. The average molecular weight is 156 g/mol. The number of hydrogen-bond acceptors (Lipinski definition) is 2. The lowest BCUT2D eigenvalue weighted by Crippen LogP contribution is -1.89. The molecule has 1 rings (SSSR count). The smallest absolute Gasteiger partial charge is 0.248 e. The van der Waals surface area contributed by atoms with Crippen LogP contribution in [0.15, 0.2) is 29.5 Å². The maximum Gasteiger partial charge on any atom is 0.248 e. The summed E-state index contributed by atoms with van der Waals surface area (Å²) in [6, 6.07) is 4.63. The third kappa shape index (κ3) is 1.64. The van der Waals surface area contributed by atoms with E-state index < -0.39 is 5.82 Å². The van der Waals surface area contributed by atoms with Gasteiger partial charge in [-0.25, -0.2) is 4.39 Å². The monoisotopic (exact) mass is 156 g/mol. The highest BCUT2D eigenvalue weighted by Crippen LogP contribution is 2.10. The SMILES string of the molecule is [O-][N+](=NO)c1ccc(F)cc1. The molecule has 0 aromatic heterocycles. The third-order valence-electron chi connectivity index (χ3n) is 1.13. The van der Waals surface area contributed by atoms with Crippen molar-refractivity contribution < 1.29 is 14.5 Å². The molecule has 0 radical (unpaired) electrons. The second-order valence-electron chi connectivity index (χ2n) is 1.84. The van der Waals surface area contributed by atoms with E-state index in [1.165, 1.54) is 12.1 Å². The van der Waals surface area contributed by atoms with Crippen molar-refractivity contribution in [3.8, 4) is 0 Å². The predicted molar refractivity (Wildman–Crippen MR) is 33.9 cm³/mol. The van der Waals surface area contributed by atoms with Crippen molar-refractivity contribution in [2.45, 2.75) is 0 Å². The zero-order valence-corrected chi connectivity index (χ0v) is 5.44. The van der Waals surface area contributed by atoms with E-state index in [1.807, 2.05) is 0 Å². The molecule has 0 aliphatic carbocycles. The molecule has 5 heteroatoms. The normalized spacial score (nSPS) is 11.5. The van der Waals surface area contributed by atoms with Crippen molar-refractivity contribution >= 4 is 5.69 Å². The van der Waals surface area contributed by atoms with Crippen LogP contribution in [0.25, 0.3) is 0 Å². The van der Waals surface area contributed by atoms with Crippen LogP contribution in [0, 0.1) is 11.0 Å². The standard InChI is InChI=1S/C6H5FN2O2/c7-5-1-3-6(4-2-5)9(11)8-10/h1-4,10H. The van der Waals surface area contributed by atoms with E-state index in [9.17, 15) is 9.60 Å². The summed E-state index contributed by atoms with van der Waals surface area (Å²) < 4.78 is 12.2. The summed E-state index contributed by atoms with van der Waals surface area (Å²) in [5.41, 5.74) is 0.0777. The van der Waals surface area contributed by atoms with Gasteiger partial charge in [-0.2, -0.15) is 0 Å². The maximum atomic E-state index is 12.2. The first-order chi connectivity index (χ1) is 5.24. The molecule has 11 heavy (non-hydrogen) atoms. The van der Waals surface area contributed by atoms with Gasteiger partial charge in [0.1, 0.15) is 5.82 Å². The van der Waals surface area contributed by atoms with Gasteiger partial charge in [0.2, 0.25) is 11.0 Å². The molecule has 1 aromatic carbocycles. The number of rotatable bonds is 1. The Morgan fingerprint density at radius 2 is 1.91 bits per heavy atom. The van der Waals surface area contributed by atoms with Gasteiger partial charge in [0.05, 0.1) is 0 Å². The first kappa shape index (κ1) is 7.46. The van der Waals surface area contributed by atoms with Gasteiger partial charge in [0.25, 0.3) is 0 Å². The lowest BCUT2D eigenvalue weighted by molar-refractivity contribution is -0.473. The Morgan fingerprint density at radius 1 is 1.36 bits per heavy atom. The summed E-state index contributed by atoms with van der Waals surface area (Å²) in [5.74, 6) is -0.444. The Bertz CT molecular complexity index is 270. The Labute approximate surface area is 61.8 Å². The largest absolute Gasteiger partial charge is 0.592 e.